The Bertz CT molecular complexity index is 2320. The number of anilines is 3. The smallest absolute Gasteiger partial charge is 0.0569 e. The molecule has 0 amide bonds. The zero-order chi connectivity index (χ0) is 34.2. The molecular weight excluding hydrogens is 603 g/mol. The number of rotatable bonds is 5. The van der Waals surface area contributed by atoms with Gasteiger partial charge in [-0.25, -0.2) is 0 Å². The molecule has 2 aliphatic carbocycles. The molecule has 0 saturated heterocycles. The Morgan fingerprint density at radius 1 is 0.360 bits per heavy atom. The quantitative estimate of drug-likeness (QED) is 0.180. The molecule has 9 rings (SSSR count). The van der Waals surface area contributed by atoms with Crippen LogP contribution in [0.2, 0.25) is 0 Å². The lowest BCUT2D eigenvalue weighted by molar-refractivity contribution is 0.660. The SMILES string of the molecule is Cc1cc(-c2ccccc2)cc(-c2ccccc2)c1N(c1ccc2c(c1)C(C)(C)c1ccccc1-2)c1ccc2c(c1)C(C)(C)c1ccccc1-2. The Balaban J connectivity index is 1.32. The minimum atomic E-state index is -0.107. The molecule has 0 heterocycles. The molecule has 0 saturated carbocycles. The van der Waals surface area contributed by atoms with Crippen molar-refractivity contribution in [1.82, 2.24) is 0 Å². The average molecular weight is 644 g/mol. The third kappa shape index (κ3) is 4.53. The maximum absolute atomic E-state index is 2.53. The fraction of sp³-hybridized carbons (Fsp3) is 0.143. The van der Waals surface area contributed by atoms with Gasteiger partial charge in [0.1, 0.15) is 0 Å². The zero-order valence-corrected chi connectivity index (χ0v) is 29.5. The van der Waals surface area contributed by atoms with Crippen LogP contribution in [-0.2, 0) is 10.8 Å². The first-order valence-electron chi connectivity index (χ1n) is 17.8. The number of fused-ring (bicyclic) bond motifs is 6. The summed E-state index contributed by atoms with van der Waals surface area (Å²) in [7, 11) is 0. The van der Waals surface area contributed by atoms with Crippen LogP contribution in [0, 0.1) is 6.92 Å². The van der Waals surface area contributed by atoms with Crippen LogP contribution in [-0.4, -0.2) is 0 Å². The van der Waals surface area contributed by atoms with Crippen molar-refractivity contribution in [2.75, 3.05) is 4.90 Å². The van der Waals surface area contributed by atoms with Crippen LogP contribution in [0.25, 0.3) is 44.5 Å². The van der Waals surface area contributed by atoms with E-state index in [0.717, 1.165) is 0 Å². The van der Waals surface area contributed by atoms with Crippen molar-refractivity contribution in [3.63, 3.8) is 0 Å². The molecule has 0 bridgehead atoms. The summed E-state index contributed by atoms with van der Waals surface area (Å²) in [5.74, 6) is 0. The Morgan fingerprint density at radius 3 is 1.32 bits per heavy atom. The molecule has 7 aromatic carbocycles. The highest BCUT2D eigenvalue weighted by Crippen LogP contribution is 2.54. The number of benzene rings is 7. The monoisotopic (exact) mass is 643 g/mol. The molecule has 0 aromatic heterocycles. The zero-order valence-electron chi connectivity index (χ0n) is 29.5. The second-order valence-corrected chi connectivity index (χ2v) is 15.1. The van der Waals surface area contributed by atoms with Gasteiger partial charge < -0.3 is 4.90 Å². The Labute approximate surface area is 296 Å². The van der Waals surface area contributed by atoms with E-state index >= 15 is 0 Å². The molecule has 0 aliphatic heterocycles. The average Bonchev–Trinajstić information content (AvgIpc) is 3.52. The first-order valence-corrected chi connectivity index (χ1v) is 17.8. The molecule has 7 aromatic rings. The van der Waals surface area contributed by atoms with Crippen molar-refractivity contribution >= 4 is 17.1 Å². The van der Waals surface area contributed by atoms with E-state index in [9.17, 15) is 0 Å². The topological polar surface area (TPSA) is 3.24 Å². The Morgan fingerprint density at radius 2 is 0.800 bits per heavy atom. The molecule has 0 fully saturated rings. The molecule has 50 heavy (non-hydrogen) atoms. The van der Waals surface area contributed by atoms with Gasteiger partial charge in [-0.2, -0.15) is 0 Å². The van der Waals surface area contributed by atoms with E-state index in [-0.39, 0.29) is 10.8 Å². The third-order valence-corrected chi connectivity index (χ3v) is 11.4. The number of hydrogen-bond acceptors (Lipinski definition) is 1. The standard InChI is InChI=1S/C49H41N/c1-32-28-35(33-16-8-6-9-17-33)29-42(34-18-10-7-11-19-34)47(32)50(36-24-26-40-38-20-12-14-22-43(38)48(2,3)45(40)30-36)37-25-27-41-39-21-13-15-23-44(39)49(4,5)46(41)31-37/h6-31H,1-5H3. The van der Waals surface area contributed by atoms with E-state index in [1.165, 1.54) is 89.4 Å². The second-order valence-electron chi connectivity index (χ2n) is 15.1. The molecular formula is C49H41N. The largest absolute Gasteiger partial charge is 0.310 e. The molecule has 242 valence electrons. The third-order valence-electron chi connectivity index (χ3n) is 11.4. The predicted molar refractivity (Wildman–Crippen MR) is 212 cm³/mol. The van der Waals surface area contributed by atoms with E-state index < -0.39 is 0 Å². The summed E-state index contributed by atoms with van der Waals surface area (Å²) in [5.41, 5.74) is 20.3. The first kappa shape index (κ1) is 30.4. The van der Waals surface area contributed by atoms with Crippen molar-refractivity contribution < 1.29 is 0 Å². The van der Waals surface area contributed by atoms with E-state index in [2.05, 4.69) is 197 Å². The van der Waals surface area contributed by atoms with Crippen LogP contribution < -0.4 is 4.90 Å². The van der Waals surface area contributed by atoms with Gasteiger partial charge >= 0.3 is 0 Å². The lowest BCUT2D eigenvalue weighted by Crippen LogP contribution is -2.18. The number of nitrogens with zero attached hydrogens (tertiary/aromatic N) is 1. The molecule has 1 heteroatoms. The summed E-state index contributed by atoms with van der Waals surface area (Å²) in [5, 5.41) is 0. The molecule has 2 aliphatic rings. The van der Waals surface area contributed by atoms with Crippen LogP contribution >= 0.6 is 0 Å². The van der Waals surface area contributed by atoms with Gasteiger partial charge in [0.25, 0.3) is 0 Å². The summed E-state index contributed by atoms with van der Waals surface area (Å²) in [6, 6.07) is 58.6. The van der Waals surface area contributed by atoms with Crippen molar-refractivity contribution in [2.45, 2.75) is 45.4 Å². The van der Waals surface area contributed by atoms with Crippen LogP contribution in [0.5, 0.6) is 0 Å². The molecule has 0 N–H and O–H groups in total. The minimum absolute atomic E-state index is 0.107. The summed E-state index contributed by atoms with van der Waals surface area (Å²) in [6.07, 6.45) is 0. The van der Waals surface area contributed by atoms with Crippen molar-refractivity contribution in [3.05, 3.63) is 186 Å². The molecule has 0 radical (unpaired) electrons. The first-order chi connectivity index (χ1) is 24.2. The van der Waals surface area contributed by atoms with Crippen molar-refractivity contribution in [3.8, 4) is 44.5 Å². The summed E-state index contributed by atoms with van der Waals surface area (Å²) in [6.45, 7) is 11.8. The summed E-state index contributed by atoms with van der Waals surface area (Å²) in [4.78, 5) is 2.53. The van der Waals surface area contributed by atoms with Gasteiger partial charge in [0.15, 0.2) is 0 Å². The van der Waals surface area contributed by atoms with Crippen LogP contribution in [0.4, 0.5) is 17.1 Å². The lowest BCUT2D eigenvalue weighted by Gasteiger charge is -2.32. The van der Waals surface area contributed by atoms with E-state index in [0.29, 0.717) is 0 Å². The van der Waals surface area contributed by atoms with Gasteiger partial charge in [0.2, 0.25) is 0 Å². The van der Waals surface area contributed by atoms with Crippen LogP contribution in [0.3, 0.4) is 0 Å². The molecule has 0 atom stereocenters. The maximum Gasteiger partial charge on any atom is 0.0569 e. The van der Waals surface area contributed by atoms with Gasteiger partial charge in [-0.15, -0.1) is 0 Å². The van der Waals surface area contributed by atoms with Gasteiger partial charge in [0, 0.05) is 27.8 Å². The second kappa shape index (κ2) is 11.2. The summed E-state index contributed by atoms with van der Waals surface area (Å²) < 4.78 is 0. The lowest BCUT2D eigenvalue weighted by atomic mass is 9.82. The van der Waals surface area contributed by atoms with Crippen molar-refractivity contribution in [2.24, 2.45) is 0 Å². The number of hydrogen-bond donors (Lipinski definition) is 0. The Hall–Kier alpha value is -5.66. The van der Waals surface area contributed by atoms with E-state index in [1.807, 2.05) is 0 Å². The normalized spacial score (nSPS) is 14.4. The van der Waals surface area contributed by atoms with E-state index in [1.54, 1.807) is 0 Å². The fourth-order valence-electron chi connectivity index (χ4n) is 8.78. The van der Waals surface area contributed by atoms with Gasteiger partial charge in [-0.3, -0.25) is 0 Å². The van der Waals surface area contributed by atoms with Crippen molar-refractivity contribution in [1.29, 1.82) is 0 Å². The molecule has 0 unspecified atom stereocenters. The highest BCUT2D eigenvalue weighted by atomic mass is 15.1. The van der Waals surface area contributed by atoms with Crippen LogP contribution in [0.1, 0.15) is 55.5 Å². The highest BCUT2D eigenvalue weighted by molar-refractivity contribution is 5.95. The predicted octanol–water partition coefficient (Wildman–Crippen LogP) is 13.4. The van der Waals surface area contributed by atoms with Gasteiger partial charge in [0.05, 0.1) is 5.69 Å². The minimum Gasteiger partial charge on any atom is -0.310 e. The highest BCUT2D eigenvalue weighted by Gasteiger charge is 2.38. The molecule has 1 nitrogen and oxygen atoms in total. The van der Waals surface area contributed by atoms with Crippen LogP contribution in [0.15, 0.2) is 158 Å². The Kier molecular flexibility index (Phi) is 6.80. The fourth-order valence-corrected chi connectivity index (χ4v) is 8.78. The maximum atomic E-state index is 2.53. The van der Waals surface area contributed by atoms with Gasteiger partial charge in [-0.05, 0) is 110 Å². The molecule has 0 spiro atoms. The number of aryl methyl sites for hydroxylation is 1. The van der Waals surface area contributed by atoms with Gasteiger partial charge in [-0.1, -0.05) is 149 Å². The summed E-state index contributed by atoms with van der Waals surface area (Å²) >= 11 is 0. The van der Waals surface area contributed by atoms with E-state index in [4.69, 9.17) is 0 Å².